The highest BCUT2D eigenvalue weighted by Gasteiger charge is 2.34. The van der Waals surface area contributed by atoms with Crippen LogP contribution in [0.1, 0.15) is 31.1 Å². The van der Waals surface area contributed by atoms with Gasteiger partial charge in [-0.1, -0.05) is 54.3 Å². The van der Waals surface area contributed by atoms with Crippen molar-refractivity contribution in [3.05, 3.63) is 95.4 Å². The van der Waals surface area contributed by atoms with Gasteiger partial charge in [-0.05, 0) is 62.2 Å². The molecule has 232 valence electrons. The minimum absolute atomic E-state index is 0.125. The molecule has 2 aromatic carbocycles. The average Bonchev–Trinajstić information content (AvgIpc) is 3.79. The quantitative estimate of drug-likeness (QED) is 0.130. The van der Waals surface area contributed by atoms with Gasteiger partial charge in [-0.25, -0.2) is 13.1 Å². The average molecular weight is 663 g/mol. The zero-order valence-corrected chi connectivity index (χ0v) is 26.8. The van der Waals surface area contributed by atoms with Gasteiger partial charge in [0.1, 0.15) is 15.8 Å². The molecule has 0 unspecified atom stereocenters. The first-order valence-corrected chi connectivity index (χ1v) is 17.1. The van der Waals surface area contributed by atoms with Crippen molar-refractivity contribution in [2.75, 3.05) is 19.7 Å². The Kier molecular flexibility index (Phi) is 9.04. The number of hydrogen-bond donors (Lipinski definition) is 0. The maximum absolute atomic E-state index is 13.7. The van der Waals surface area contributed by atoms with Gasteiger partial charge >= 0.3 is 5.97 Å². The van der Waals surface area contributed by atoms with Gasteiger partial charge in [0.25, 0.3) is 5.91 Å². The van der Waals surface area contributed by atoms with Crippen LogP contribution in [-0.4, -0.2) is 63.3 Å². The van der Waals surface area contributed by atoms with E-state index in [1.165, 1.54) is 21.0 Å². The number of para-hydroxylation sites is 1. The number of hydrogen-bond acceptors (Lipinski definition) is 9. The molecule has 2 aliphatic heterocycles. The third-order valence-electron chi connectivity index (χ3n) is 7.64. The van der Waals surface area contributed by atoms with Crippen LogP contribution in [0.4, 0.5) is 0 Å². The number of sulfonamides is 1. The van der Waals surface area contributed by atoms with E-state index < -0.39 is 10.0 Å². The Morgan fingerprint density at radius 1 is 1.11 bits per heavy atom. The van der Waals surface area contributed by atoms with E-state index in [2.05, 4.69) is 0 Å². The summed E-state index contributed by atoms with van der Waals surface area (Å²) in [6, 6.07) is 19.7. The highest BCUT2D eigenvalue weighted by molar-refractivity contribution is 8.26. The predicted octanol–water partition coefficient (Wildman–Crippen LogP) is 5.50. The SMILES string of the molecule is CCOC(=O)C1CCN(S(=O)(=O)c2cccc(-c3nn(-c4ccccc4)cc3C=C3SC(=S)N(Cc4ccco4)C3=O)c2)CC1. The fraction of sp³-hybridized carbons (Fsp3) is 0.250. The molecule has 0 atom stereocenters. The van der Waals surface area contributed by atoms with Gasteiger partial charge in [0, 0.05) is 30.4 Å². The van der Waals surface area contributed by atoms with Crippen molar-refractivity contribution in [3.8, 4) is 16.9 Å². The molecule has 0 radical (unpaired) electrons. The van der Waals surface area contributed by atoms with Crippen LogP contribution >= 0.6 is 24.0 Å². The number of piperidine rings is 1. The van der Waals surface area contributed by atoms with Crippen LogP contribution in [0.25, 0.3) is 23.0 Å². The molecule has 4 aromatic rings. The first-order chi connectivity index (χ1) is 21.7. The molecule has 4 heterocycles. The van der Waals surface area contributed by atoms with E-state index in [1.807, 2.05) is 36.5 Å². The number of thiocarbonyl (C=S) groups is 1. The van der Waals surface area contributed by atoms with Gasteiger partial charge < -0.3 is 9.15 Å². The summed E-state index contributed by atoms with van der Waals surface area (Å²) in [6.45, 7) is 2.73. The van der Waals surface area contributed by atoms with Crippen LogP contribution in [0.5, 0.6) is 0 Å². The summed E-state index contributed by atoms with van der Waals surface area (Å²) in [7, 11) is -3.84. The lowest BCUT2D eigenvalue weighted by Crippen LogP contribution is -2.40. The van der Waals surface area contributed by atoms with Gasteiger partial charge in [0.05, 0.1) is 40.8 Å². The van der Waals surface area contributed by atoms with Crippen molar-refractivity contribution in [1.29, 1.82) is 0 Å². The smallest absolute Gasteiger partial charge is 0.309 e. The van der Waals surface area contributed by atoms with Crippen molar-refractivity contribution in [1.82, 2.24) is 19.0 Å². The van der Waals surface area contributed by atoms with Crippen LogP contribution in [0, 0.1) is 5.92 Å². The second kappa shape index (κ2) is 13.1. The van der Waals surface area contributed by atoms with E-state index in [4.69, 9.17) is 26.5 Å². The van der Waals surface area contributed by atoms with Crippen LogP contribution in [0.2, 0.25) is 0 Å². The van der Waals surface area contributed by atoms with E-state index in [-0.39, 0.29) is 42.3 Å². The lowest BCUT2D eigenvalue weighted by atomic mass is 9.98. The Morgan fingerprint density at radius 2 is 1.89 bits per heavy atom. The number of carbonyl (C=O) groups is 2. The maximum Gasteiger partial charge on any atom is 0.309 e. The van der Waals surface area contributed by atoms with Crippen molar-refractivity contribution in [2.45, 2.75) is 31.2 Å². The van der Waals surface area contributed by atoms with Gasteiger partial charge in [0.15, 0.2) is 0 Å². The number of esters is 1. The molecule has 10 nitrogen and oxygen atoms in total. The van der Waals surface area contributed by atoms with E-state index in [0.29, 0.717) is 51.3 Å². The first kappa shape index (κ1) is 31.0. The molecular formula is C32H30N4O6S3. The lowest BCUT2D eigenvalue weighted by molar-refractivity contribution is -0.149. The van der Waals surface area contributed by atoms with Gasteiger partial charge in [-0.3, -0.25) is 14.5 Å². The number of thioether (sulfide) groups is 1. The molecule has 2 fully saturated rings. The third kappa shape index (κ3) is 6.52. The highest BCUT2D eigenvalue weighted by Crippen LogP contribution is 2.36. The zero-order chi connectivity index (χ0) is 31.6. The first-order valence-electron chi connectivity index (χ1n) is 14.4. The summed E-state index contributed by atoms with van der Waals surface area (Å²) in [6.07, 6.45) is 5.91. The van der Waals surface area contributed by atoms with Crippen molar-refractivity contribution >= 4 is 56.3 Å². The number of ether oxygens (including phenoxy) is 1. The minimum atomic E-state index is -3.84. The zero-order valence-electron chi connectivity index (χ0n) is 24.4. The standard InChI is InChI=1S/C32H30N4O6S3/c1-2-41-31(38)22-13-15-34(16-14-22)45(39,40)27-12-6-8-23(18-27)29-24(20-36(33-29)25-9-4-3-5-10-25)19-28-30(37)35(32(43)44-28)21-26-11-7-17-42-26/h3-12,17-20,22H,2,13-16,21H2,1H3. The molecule has 0 saturated carbocycles. The molecule has 0 bridgehead atoms. The highest BCUT2D eigenvalue weighted by atomic mass is 32.2. The number of amides is 1. The second-order valence-corrected chi connectivity index (χ2v) is 14.1. The Hall–Kier alpha value is -4.04. The summed E-state index contributed by atoms with van der Waals surface area (Å²) in [5.74, 6) is -0.217. The Morgan fingerprint density at radius 3 is 2.60 bits per heavy atom. The largest absolute Gasteiger partial charge is 0.467 e. The molecule has 13 heteroatoms. The maximum atomic E-state index is 13.7. The topological polar surface area (TPSA) is 115 Å². The molecular weight excluding hydrogens is 633 g/mol. The molecule has 1 amide bonds. The summed E-state index contributed by atoms with van der Waals surface area (Å²) < 4.78 is 41.5. The third-order valence-corrected chi connectivity index (χ3v) is 10.9. The van der Waals surface area contributed by atoms with Gasteiger partial charge in [-0.2, -0.15) is 9.40 Å². The minimum Gasteiger partial charge on any atom is -0.467 e. The molecule has 0 aliphatic carbocycles. The molecule has 0 spiro atoms. The molecule has 0 N–H and O–H groups in total. The predicted molar refractivity (Wildman–Crippen MR) is 175 cm³/mol. The van der Waals surface area contributed by atoms with Gasteiger partial charge in [-0.15, -0.1) is 0 Å². The summed E-state index contributed by atoms with van der Waals surface area (Å²) in [5.41, 5.74) is 2.51. The molecule has 45 heavy (non-hydrogen) atoms. The van der Waals surface area contributed by atoms with E-state index in [9.17, 15) is 18.0 Å². The number of benzene rings is 2. The number of aromatic nitrogens is 2. The van der Waals surface area contributed by atoms with Crippen LogP contribution in [0.3, 0.4) is 0 Å². The molecule has 2 aromatic heterocycles. The van der Waals surface area contributed by atoms with E-state index >= 15 is 0 Å². The summed E-state index contributed by atoms with van der Waals surface area (Å²) in [4.78, 5) is 27.6. The summed E-state index contributed by atoms with van der Waals surface area (Å²) in [5, 5.41) is 4.83. The fourth-order valence-electron chi connectivity index (χ4n) is 5.31. The normalized spacial score (nSPS) is 17.4. The van der Waals surface area contributed by atoms with Crippen LogP contribution in [0.15, 0.2) is 93.4 Å². The van der Waals surface area contributed by atoms with E-state index in [0.717, 1.165) is 5.69 Å². The molecule has 2 saturated heterocycles. The van der Waals surface area contributed by atoms with Crippen molar-refractivity contribution in [2.24, 2.45) is 5.92 Å². The second-order valence-electron chi connectivity index (χ2n) is 10.5. The number of furan rings is 1. The fourth-order valence-corrected chi connectivity index (χ4v) is 8.07. The Labute approximate surface area is 270 Å². The monoisotopic (exact) mass is 662 g/mol. The Balaban J connectivity index is 1.32. The molecule has 2 aliphatic rings. The van der Waals surface area contributed by atoms with Gasteiger partial charge in [0.2, 0.25) is 10.0 Å². The number of nitrogens with zero attached hydrogens (tertiary/aromatic N) is 4. The number of carbonyl (C=O) groups excluding carboxylic acids is 2. The molecule has 6 rings (SSSR count). The van der Waals surface area contributed by atoms with Crippen LogP contribution < -0.4 is 0 Å². The lowest BCUT2D eigenvalue weighted by Gasteiger charge is -2.30. The van der Waals surface area contributed by atoms with E-state index in [1.54, 1.807) is 60.3 Å². The summed E-state index contributed by atoms with van der Waals surface area (Å²) >= 11 is 6.71. The van der Waals surface area contributed by atoms with Crippen LogP contribution in [-0.2, 0) is 30.9 Å². The Bertz CT molecular complexity index is 1860. The van der Waals surface area contributed by atoms with Crippen molar-refractivity contribution in [3.63, 3.8) is 0 Å². The number of rotatable bonds is 9. The van der Waals surface area contributed by atoms with Crippen molar-refractivity contribution < 1.29 is 27.2 Å².